The second-order valence-electron chi connectivity index (χ2n) is 4.76. The number of benzene rings is 1. The largest absolute Gasteiger partial charge is 0.331 e. The Bertz CT molecular complexity index is 497. The minimum atomic E-state index is -0.171. The van der Waals surface area contributed by atoms with Crippen LogP contribution in [0, 0.1) is 0 Å². The number of fused-ring (bicyclic) bond motifs is 1. The molecule has 1 atom stereocenters. The van der Waals surface area contributed by atoms with Crippen molar-refractivity contribution >= 4 is 11.0 Å². The molecule has 86 valence electrons. The summed E-state index contributed by atoms with van der Waals surface area (Å²) in [7, 11) is 2.05. The highest BCUT2D eigenvalue weighted by molar-refractivity contribution is 5.75. The standard InChI is InChI=1S/C13H19N3/c1-4-13(2,14)9-12-15-10-7-5-6-8-11(10)16(12)3/h5-8H,4,9,14H2,1-3H3/t13-/m1/s1. The Morgan fingerprint density at radius 3 is 2.69 bits per heavy atom. The van der Waals surface area contributed by atoms with Gasteiger partial charge in [-0.05, 0) is 25.5 Å². The molecular formula is C13H19N3. The SMILES string of the molecule is CC[C@@](C)(N)Cc1nc2ccccc2n1C. The molecule has 2 rings (SSSR count). The van der Waals surface area contributed by atoms with Gasteiger partial charge in [0.1, 0.15) is 5.82 Å². The van der Waals surface area contributed by atoms with Crippen molar-refractivity contribution in [2.24, 2.45) is 12.8 Å². The number of hydrogen-bond donors (Lipinski definition) is 1. The van der Waals surface area contributed by atoms with E-state index in [1.807, 2.05) is 18.2 Å². The number of aromatic nitrogens is 2. The van der Waals surface area contributed by atoms with Crippen molar-refractivity contribution in [2.75, 3.05) is 0 Å². The Morgan fingerprint density at radius 1 is 1.38 bits per heavy atom. The maximum absolute atomic E-state index is 6.19. The molecular weight excluding hydrogens is 198 g/mol. The van der Waals surface area contributed by atoms with E-state index in [0.29, 0.717) is 0 Å². The molecule has 2 N–H and O–H groups in total. The average molecular weight is 217 g/mol. The van der Waals surface area contributed by atoms with Gasteiger partial charge in [0, 0.05) is 19.0 Å². The quantitative estimate of drug-likeness (QED) is 0.857. The molecule has 0 aliphatic rings. The van der Waals surface area contributed by atoms with E-state index in [2.05, 4.69) is 36.5 Å². The van der Waals surface area contributed by atoms with E-state index < -0.39 is 0 Å². The molecule has 1 aromatic heterocycles. The van der Waals surface area contributed by atoms with Crippen LogP contribution in [0.15, 0.2) is 24.3 Å². The van der Waals surface area contributed by atoms with Crippen LogP contribution < -0.4 is 5.73 Å². The van der Waals surface area contributed by atoms with Crippen LogP contribution in [0.4, 0.5) is 0 Å². The number of nitrogens with zero attached hydrogens (tertiary/aromatic N) is 2. The van der Waals surface area contributed by atoms with Crippen LogP contribution >= 0.6 is 0 Å². The van der Waals surface area contributed by atoms with Crippen LogP contribution in [0.1, 0.15) is 26.1 Å². The van der Waals surface area contributed by atoms with Crippen molar-refractivity contribution in [3.8, 4) is 0 Å². The zero-order valence-corrected chi connectivity index (χ0v) is 10.2. The summed E-state index contributed by atoms with van der Waals surface area (Å²) in [6, 6.07) is 8.18. The van der Waals surface area contributed by atoms with Crippen LogP contribution in [0.25, 0.3) is 11.0 Å². The van der Waals surface area contributed by atoms with Gasteiger partial charge >= 0.3 is 0 Å². The molecule has 0 spiro atoms. The molecule has 0 amide bonds. The predicted octanol–water partition coefficient (Wildman–Crippen LogP) is 2.24. The molecule has 0 aliphatic heterocycles. The zero-order chi connectivity index (χ0) is 11.8. The molecule has 2 aromatic rings. The number of hydrogen-bond acceptors (Lipinski definition) is 2. The van der Waals surface area contributed by atoms with Gasteiger partial charge in [0.15, 0.2) is 0 Å². The van der Waals surface area contributed by atoms with Crippen molar-refractivity contribution in [3.05, 3.63) is 30.1 Å². The van der Waals surface area contributed by atoms with E-state index in [1.54, 1.807) is 0 Å². The minimum absolute atomic E-state index is 0.171. The Labute approximate surface area is 96.3 Å². The van der Waals surface area contributed by atoms with Gasteiger partial charge in [-0.3, -0.25) is 0 Å². The highest BCUT2D eigenvalue weighted by atomic mass is 15.1. The highest BCUT2D eigenvalue weighted by Crippen LogP contribution is 2.18. The lowest BCUT2D eigenvalue weighted by atomic mass is 9.96. The predicted molar refractivity (Wildman–Crippen MR) is 67.3 cm³/mol. The first kappa shape index (κ1) is 11.1. The third kappa shape index (κ3) is 1.95. The van der Waals surface area contributed by atoms with Gasteiger partial charge in [0.25, 0.3) is 0 Å². The molecule has 1 heterocycles. The van der Waals surface area contributed by atoms with Crippen molar-refractivity contribution in [3.63, 3.8) is 0 Å². The molecule has 1 aromatic carbocycles. The second-order valence-corrected chi connectivity index (χ2v) is 4.76. The van der Waals surface area contributed by atoms with Crippen LogP contribution in [0.2, 0.25) is 0 Å². The van der Waals surface area contributed by atoms with Crippen LogP contribution in [-0.4, -0.2) is 15.1 Å². The summed E-state index contributed by atoms with van der Waals surface area (Å²) in [5, 5.41) is 0. The molecule has 16 heavy (non-hydrogen) atoms. The zero-order valence-electron chi connectivity index (χ0n) is 10.2. The lowest BCUT2D eigenvalue weighted by Crippen LogP contribution is -2.38. The van der Waals surface area contributed by atoms with Crippen molar-refractivity contribution in [1.29, 1.82) is 0 Å². The van der Waals surface area contributed by atoms with Gasteiger partial charge < -0.3 is 10.3 Å². The smallest absolute Gasteiger partial charge is 0.111 e. The van der Waals surface area contributed by atoms with E-state index in [-0.39, 0.29) is 5.54 Å². The van der Waals surface area contributed by atoms with Crippen molar-refractivity contribution in [2.45, 2.75) is 32.2 Å². The lowest BCUT2D eigenvalue weighted by molar-refractivity contribution is 0.435. The lowest BCUT2D eigenvalue weighted by Gasteiger charge is -2.21. The molecule has 0 radical (unpaired) electrons. The molecule has 0 unspecified atom stereocenters. The summed E-state index contributed by atoms with van der Waals surface area (Å²) in [5.41, 5.74) is 8.23. The van der Waals surface area contributed by atoms with Gasteiger partial charge in [0.05, 0.1) is 11.0 Å². The summed E-state index contributed by atoms with van der Waals surface area (Å²) in [6.45, 7) is 4.19. The van der Waals surface area contributed by atoms with Crippen molar-refractivity contribution in [1.82, 2.24) is 9.55 Å². The highest BCUT2D eigenvalue weighted by Gasteiger charge is 2.19. The molecule has 0 aliphatic carbocycles. The van der Waals surface area contributed by atoms with Gasteiger partial charge in [-0.2, -0.15) is 0 Å². The fourth-order valence-corrected chi connectivity index (χ4v) is 1.84. The van der Waals surface area contributed by atoms with Crippen molar-refractivity contribution < 1.29 is 0 Å². The Balaban J connectivity index is 2.42. The fraction of sp³-hybridized carbons (Fsp3) is 0.462. The summed E-state index contributed by atoms with van der Waals surface area (Å²) >= 11 is 0. The maximum Gasteiger partial charge on any atom is 0.111 e. The Hall–Kier alpha value is -1.35. The van der Waals surface area contributed by atoms with Crippen LogP contribution in [0.5, 0.6) is 0 Å². The summed E-state index contributed by atoms with van der Waals surface area (Å²) in [5.74, 6) is 1.06. The van der Waals surface area contributed by atoms with Gasteiger partial charge in [-0.25, -0.2) is 4.98 Å². The first-order valence-corrected chi connectivity index (χ1v) is 5.73. The van der Waals surface area contributed by atoms with E-state index in [1.165, 1.54) is 5.52 Å². The van der Waals surface area contributed by atoms with E-state index >= 15 is 0 Å². The second kappa shape index (κ2) is 3.91. The third-order valence-corrected chi connectivity index (χ3v) is 3.25. The third-order valence-electron chi connectivity index (χ3n) is 3.25. The fourth-order valence-electron chi connectivity index (χ4n) is 1.84. The van der Waals surface area contributed by atoms with Crippen LogP contribution in [0.3, 0.4) is 0 Å². The van der Waals surface area contributed by atoms with Crippen LogP contribution in [-0.2, 0) is 13.5 Å². The number of nitrogens with two attached hydrogens (primary N) is 1. The van der Waals surface area contributed by atoms with Gasteiger partial charge in [0.2, 0.25) is 0 Å². The Morgan fingerprint density at radius 2 is 2.06 bits per heavy atom. The first-order chi connectivity index (χ1) is 7.53. The molecule has 3 heteroatoms. The van der Waals surface area contributed by atoms with Gasteiger partial charge in [-0.15, -0.1) is 0 Å². The van der Waals surface area contributed by atoms with Gasteiger partial charge in [-0.1, -0.05) is 19.1 Å². The minimum Gasteiger partial charge on any atom is -0.331 e. The first-order valence-electron chi connectivity index (χ1n) is 5.73. The van der Waals surface area contributed by atoms with E-state index in [9.17, 15) is 0 Å². The molecule has 0 saturated carbocycles. The molecule has 0 saturated heterocycles. The van der Waals surface area contributed by atoms with E-state index in [4.69, 9.17) is 5.73 Å². The molecule has 0 fully saturated rings. The molecule has 3 nitrogen and oxygen atoms in total. The van der Waals surface area contributed by atoms with E-state index in [0.717, 1.165) is 24.2 Å². The summed E-state index contributed by atoms with van der Waals surface area (Å²) in [4.78, 5) is 4.63. The summed E-state index contributed by atoms with van der Waals surface area (Å²) in [6.07, 6.45) is 1.77. The number of rotatable bonds is 3. The number of para-hydroxylation sites is 2. The average Bonchev–Trinajstić information content (AvgIpc) is 2.56. The normalized spacial score (nSPS) is 15.2. The Kier molecular flexibility index (Phi) is 2.72. The number of aryl methyl sites for hydroxylation is 1. The monoisotopic (exact) mass is 217 g/mol. The summed E-state index contributed by atoms with van der Waals surface area (Å²) < 4.78 is 2.14. The number of imidazole rings is 1. The molecule has 0 bridgehead atoms. The maximum atomic E-state index is 6.19. The topological polar surface area (TPSA) is 43.8 Å².